The van der Waals surface area contributed by atoms with Crippen LogP contribution in [0.15, 0.2) is 300 Å². The second-order valence-electron chi connectivity index (χ2n) is 22.3. The number of anilines is 6. The van der Waals surface area contributed by atoms with E-state index in [0.717, 1.165) is 128 Å². The van der Waals surface area contributed by atoms with Crippen molar-refractivity contribution in [3.8, 4) is 50.2 Å². The molecule has 390 valence electrons. The van der Waals surface area contributed by atoms with Crippen LogP contribution in [0.3, 0.4) is 0 Å². The molecule has 2 aliphatic heterocycles. The maximum atomic E-state index is 6.80. The highest BCUT2D eigenvalue weighted by Crippen LogP contribution is 2.49. The van der Waals surface area contributed by atoms with Gasteiger partial charge in [0, 0.05) is 77.6 Å². The van der Waals surface area contributed by atoms with Crippen LogP contribution < -0.4 is 26.2 Å². The Balaban J connectivity index is 0.947. The third-order valence-electron chi connectivity index (χ3n) is 17.8. The van der Waals surface area contributed by atoms with Crippen LogP contribution in [0.4, 0.5) is 34.1 Å². The van der Waals surface area contributed by atoms with Crippen molar-refractivity contribution < 1.29 is 8.83 Å². The number of hydrogen-bond acceptors (Lipinski definition) is 4. The van der Waals surface area contributed by atoms with Gasteiger partial charge in [0.05, 0.1) is 16.7 Å². The molecule has 0 unspecified atom stereocenters. The molecular formula is C78H48BN3O2. The Kier molecular flexibility index (Phi) is 10.1. The molecule has 13 aromatic carbocycles. The number of hydrogen-bond donors (Lipinski definition) is 0. The predicted molar refractivity (Wildman–Crippen MR) is 351 cm³/mol. The van der Waals surface area contributed by atoms with E-state index in [2.05, 4.69) is 306 Å². The smallest absolute Gasteiger partial charge is 0.252 e. The van der Waals surface area contributed by atoms with Gasteiger partial charge in [-0.15, -0.1) is 0 Å². The summed E-state index contributed by atoms with van der Waals surface area (Å²) in [7, 11) is 0. The van der Waals surface area contributed by atoms with Crippen molar-refractivity contribution in [3.63, 3.8) is 0 Å². The van der Waals surface area contributed by atoms with Gasteiger partial charge in [0.1, 0.15) is 22.3 Å². The highest BCUT2D eigenvalue weighted by atomic mass is 16.3. The molecule has 0 radical (unpaired) electrons. The van der Waals surface area contributed by atoms with Gasteiger partial charge in [0.2, 0.25) is 0 Å². The summed E-state index contributed by atoms with van der Waals surface area (Å²) in [6.45, 7) is -0.168. The van der Waals surface area contributed by atoms with Gasteiger partial charge in [0.25, 0.3) is 6.71 Å². The van der Waals surface area contributed by atoms with Crippen molar-refractivity contribution in [3.05, 3.63) is 291 Å². The molecule has 0 aliphatic carbocycles. The molecule has 0 amide bonds. The third-order valence-corrected chi connectivity index (χ3v) is 17.8. The Hall–Kier alpha value is -11.1. The lowest BCUT2D eigenvalue weighted by atomic mass is 9.33. The Morgan fingerprint density at radius 1 is 0.262 bits per heavy atom. The number of benzene rings is 13. The van der Waals surface area contributed by atoms with E-state index in [0.29, 0.717) is 0 Å². The minimum Gasteiger partial charge on any atom is -0.455 e. The van der Waals surface area contributed by atoms with Crippen molar-refractivity contribution in [1.29, 1.82) is 0 Å². The number of fused-ring (bicyclic) bond motifs is 13. The summed E-state index contributed by atoms with van der Waals surface area (Å²) >= 11 is 0. The molecule has 0 spiro atoms. The summed E-state index contributed by atoms with van der Waals surface area (Å²) in [6.07, 6.45) is 0. The molecule has 16 aromatic rings. The van der Waals surface area contributed by atoms with Gasteiger partial charge in [-0.05, 0) is 123 Å². The van der Waals surface area contributed by atoms with Gasteiger partial charge < -0.3 is 23.2 Å². The molecule has 2 aliphatic rings. The molecule has 5 nitrogen and oxygen atoms in total. The fourth-order valence-electron chi connectivity index (χ4n) is 14.0. The number of furan rings is 2. The van der Waals surface area contributed by atoms with Crippen LogP contribution in [0.25, 0.3) is 116 Å². The summed E-state index contributed by atoms with van der Waals surface area (Å²) in [4.78, 5) is 5.08. The number of para-hydroxylation sites is 6. The van der Waals surface area contributed by atoms with Gasteiger partial charge in [-0.25, -0.2) is 0 Å². The highest BCUT2D eigenvalue weighted by molar-refractivity contribution is 7.00. The summed E-state index contributed by atoms with van der Waals surface area (Å²) < 4.78 is 16.1. The van der Waals surface area contributed by atoms with E-state index in [9.17, 15) is 0 Å². The monoisotopic (exact) mass is 1070 g/mol. The van der Waals surface area contributed by atoms with Crippen LogP contribution in [0.2, 0.25) is 0 Å². The summed E-state index contributed by atoms with van der Waals surface area (Å²) in [6, 6.07) is 106. The summed E-state index contributed by atoms with van der Waals surface area (Å²) in [5.41, 5.74) is 26.1. The molecule has 0 saturated carbocycles. The lowest BCUT2D eigenvalue weighted by Crippen LogP contribution is -2.61. The predicted octanol–water partition coefficient (Wildman–Crippen LogP) is 19.3. The van der Waals surface area contributed by atoms with Crippen LogP contribution in [0.5, 0.6) is 0 Å². The first kappa shape index (κ1) is 46.7. The summed E-state index contributed by atoms with van der Waals surface area (Å²) in [5.74, 6) is 0. The molecule has 18 rings (SSSR count). The Bertz CT molecular complexity index is 5000. The average molecular weight is 1070 g/mol. The molecule has 3 aromatic heterocycles. The summed E-state index contributed by atoms with van der Waals surface area (Å²) in [5, 5.41) is 6.85. The van der Waals surface area contributed by atoms with E-state index in [1.54, 1.807) is 0 Å². The van der Waals surface area contributed by atoms with Gasteiger partial charge >= 0.3 is 0 Å². The zero-order valence-electron chi connectivity index (χ0n) is 45.4. The van der Waals surface area contributed by atoms with E-state index >= 15 is 0 Å². The minimum absolute atomic E-state index is 0.168. The van der Waals surface area contributed by atoms with Crippen molar-refractivity contribution in [1.82, 2.24) is 4.57 Å². The van der Waals surface area contributed by atoms with Crippen molar-refractivity contribution in [2.75, 3.05) is 9.80 Å². The van der Waals surface area contributed by atoms with Gasteiger partial charge in [-0.1, -0.05) is 218 Å². The van der Waals surface area contributed by atoms with Crippen LogP contribution in [-0.2, 0) is 0 Å². The van der Waals surface area contributed by atoms with Gasteiger partial charge in [-0.3, -0.25) is 0 Å². The second kappa shape index (κ2) is 18.2. The van der Waals surface area contributed by atoms with Gasteiger partial charge in [0.15, 0.2) is 0 Å². The van der Waals surface area contributed by atoms with Crippen LogP contribution in [0, 0.1) is 0 Å². The molecule has 5 heterocycles. The van der Waals surface area contributed by atoms with Crippen molar-refractivity contribution in [2.45, 2.75) is 0 Å². The zero-order valence-corrected chi connectivity index (χ0v) is 45.4. The zero-order chi connectivity index (χ0) is 55.0. The highest BCUT2D eigenvalue weighted by Gasteiger charge is 2.44. The minimum atomic E-state index is -0.168. The van der Waals surface area contributed by atoms with Crippen LogP contribution in [0.1, 0.15) is 0 Å². The number of nitrogens with zero attached hydrogens (tertiary/aromatic N) is 3. The first-order valence-electron chi connectivity index (χ1n) is 28.8. The Morgan fingerprint density at radius 3 is 1.11 bits per heavy atom. The standard InChI is InChI=1S/C78H48BN3O2/c1-3-17-49(18-4-1)51-33-39-55(40-34-51)80-70-45-53(58-25-15-27-64-62-23-9-13-31-74(62)83-77(58)64)37-43-66(70)79-67-44-38-54(59-26-16-28-65-63-24-10-14-32-75(63)84-78(59)65)46-71(67)81(56-41-35-52(36-42-56)50-19-5-2-6-20-50)73-48-57(47-72(80)76(73)79)82-68-29-11-7-21-60(68)61-22-8-12-30-69(61)82/h1-48H. The molecule has 0 N–H and O–H groups in total. The van der Waals surface area contributed by atoms with E-state index in [4.69, 9.17) is 8.83 Å². The molecule has 6 heteroatoms. The van der Waals surface area contributed by atoms with Crippen LogP contribution in [-0.4, -0.2) is 11.3 Å². The molecule has 0 saturated heterocycles. The quantitative estimate of drug-likeness (QED) is 0.149. The van der Waals surface area contributed by atoms with E-state index in [1.165, 1.54) is 38.3 Å². The first-order chi connectivity index (χ1) is 41.7. The Labute approximate surface area is 484 Å². The molecule has 0 fully saturated rings. The maximum absolute atomic E-state index is 6.80. The van der Waals surface area contributed by atoms with Crippen molar-refractivity contribution >= 4 is 123 Å². The molecule has 84 heavy (non-hydrogen) atoms. The van der Waals surface area contributed by atoms with Crippen molar-refractivity contribution in [2.24, 2.45) is 0 Å². The fraction of sp³-hybridized carbons (Fsp3) is 0. The molecule has 0 atom stereocenters. The molecular weight excluding hydrogens is 1020 g/mol. The topological polar surface area (TPSA) is 37.7 Å². The lowest BCUT2D eigenvalue weighted by molar-refractivity contribution is 0.669. The second-order valence-corrected chi connectivity index (χ2v) is 22.3. The Morgan fingerprint density at radius 2 is 0.643 bits per heavy atom. The van der Waals surface area contributed by atoms with Gasteiger partial charge in [-0.2, -0.15) is 0 Å². The van der Waals surface area contributed by atoms with E-state index in [1.807, 2.05) is 0 Å². The van der Waals surface area contributed by atoms with E-state index in [-0.39, 0.29) is 6.71 Å². The van der Waals surface area contributed by atoms with E-state index < -0.39 is 0 Å². The third kappa shape index (κ3) is 6.98. The SMILES string of the molecule is c1ccc(-c2ccc(N3c4cc(-c5cccc6c5oc5ccccc56)ccc4B4c5ccc(-c6cccc7c6oc6ccccc67)cc5N(c5ccc(-c6ccccc6)cc5)c5cc(-n6c7ccccc7c7ccccc76)cc3c54)cc2)cc1. The molecule has 0 bridgehead atoms. The number of aromatic nitrogens is 1. The average Bonchev–Trinajstić information content (AvgIpc) is 0.921. The largest absolute Gasteiger partial charge is 0.455 e. The van der Waals surface area contributed by atoms with Crippen LogP contribution >= 0.6 is 0 Å². The lowest BCUT2D eigenvalue weighted by Gasteiger charge is -2.44. The maximum Gasteiger partial charge on any atom is 0.252 e. The normalized spacial score (nSPS) is 12.7. The first-order valence-corrected chi connectivity index (χ1v) is 28.8. The fourth-order valence-corrected chi connectivity index (χ4v) is 14.0. The number of rotatable bonds is 7.